The molecule has 3 aromatic rings. The van der Waals surface area contributed by atoms with E-state index in [0.29, 0.717) is 17.5 Å². The van der Waals surface area contributed by atoms with Gasteiger partial charge in [-0.3, -0.25) is 9.78 Å². The van der Waals surface area contributed by atoms with Crippen molar-refractivity contribution in [1.82, 2.24) is 10.3 Å². The molecule has 0 atom stereocenters. The fraction of sp³-hybridized carbons (Fsp3) is 0.182. The molecule has 0 bridgehead atoms. The van der Waals surface area contributed by atoms with Crippen LogP contribution in [0.2, 0.25) is 0 Å². The van der Waals surface area contributed by atoms with Gasteiger partial charge in [-0.25, -0.2) is 8.78 Å². The number of carbonyl (C=O) groups is 1. The summed E-state index contributed by atoms with van der Waals surface area (Å²) in [6.45, 7) is 3.90. The van der Waals surface area contributed by atoms with Crippen LogP contribution in [-0.2, 0) is 13.0 Å². The molecule has 3 nitrogen and oxygen atoms in total. The quantitative estimate of drug-likeness (QED) is 0.707. The van der Waals surface area contributed by atoms with Crippen LogP contribution in [0.4, 0.5) is 8.78 Å². The van der Waals surface area contributed by atoms with E-state index in [1.807, 2.05) is 38.1 Å². The lowest BCUT2D eigenvalue weighted by atomic mass is 9.96. The van der Waals surface area contributed by atoms with Gasteiger partial charge in [-0.05, 0) is 72.9 Å². The van der Waals surface area contributed by atoms with Gasteiger partial charge in [0.25, 0.3) is 5.91 Å². The van der Waals surface area contributed by atoms with E-state index in [4.69, 9.17) is 0 Å². The predicted octanol–water partition coefficient (Wildman–Crippen LogP) is 4.74. The molecule has 140 valence electrons. The van der Waals surface area contributed by atoms with E-state index >= 15 is 0 Å². The van der Waals surface area contributed by atoms with Crippen LogP contribution in [0.15, 0.2) is 54.7 Å². The van der Waals surface area contributed by atoms with Crippen LogP contribution >= 0.6 is 0 Å². The topological polar surface area (TPSA) is 42.0 Å². The van der Waals surface area contributed by atoms with Gasteiger partial charge in [0, 0.05) is 31.5 Å². The first-order valence-corrected chi connectivity index (χ1v) is 8.65. The standard InChI is InChI=1S/C22H20F2N2O.H2/c1-14-8-16(6-7-25-14)9-18-4-3-5-21(15(18)2)22(27)26-13-17-10-19(23)12-20(24)11-17;/h3-8,10-12H,9,13H2,1-2H3,(H,26,27);1H. The third-order valence-electron chi connectivity index (χ3n) is 4.42. The number of rotatable bonds is 5. The van der Waals surface area contributed by atoms with Crippen molar-refractivity contribution in [2.45, 2.75) is 26.8 Å². The molecule has 0 saturated heterocycles. The summed E-state index contributed by atoms with van der Waals surface area (Å²) in [6.07, 6.45) is 2.47. The normalized spacial score (nSPS) is 10.7. The molecular formula is C22H22F2N2O. The number of nitrogens with one attached hydrogen (secondary N) is 1. The first kappa shape index (κ1) is 18.7. The predicted molar refractivity (Wildman–Crippen MR) is 103 cm³/mol. The zero-order valence-corrected chi connectivity index (χ0v) is 15.2. The average molecular weight is 368 g/mol. The first-order valence-electron chi connectivity index (χ1n) is 8.65. The summed E-state index contributed by atoms with van der Waals surface area (Å²) in [7, 11) is 0. The molecule has 0 saturated carbocycles. The van der Waals surface area contributed by atoms with E-state index in [2.05, 4.69) is 10.3 Å². The smallest absolute Gasteiger partial charge is 0.251 e. The largest absolute Gasteiger partial charge is 0.348 e. The third-order valence-corrected chi connectivity index (χ3v) is 4.42. The van der Waals surface area contributed by atoms with Gasteiger partial charge in [0.1, 0.15) is 11.6 Å². The van der Waals surface area contributed by atoms with E-state index in [9.17, 15) is 13.6 Å². The first-order chi connectivity index (χ1) is 12.9. The number of nitrogens with zero attached hydrogens (tertiary/aromatic N) is 1. The van der Waals surface area contributed by atoms with Crippen molar-refractivity contribution >= 4 is 5.91 Å². The Bertz CT molecular complexity index is 972. The lowest BCUT2D eigenvalue weighted by molar-refractivity contribution is 0.0950. The Hall–Kier alpha value is -3.08. The molecule has 2 aromatic carbocycles. The molecule has 0 unspecified atom stereocenters. The molecule has 1 N–H and O–H groups in total. The maximum absolute atomic E-state index is 13.3. The molecule has 1 heterocycles. The highest BCUT2D eigenvalue weighted by molar-refractivity contribution is 5.95. The second-order valence-electron chi connectivity index (χ2n) is 6.53. The van der Waals surface area contributed by atoms with Gasteiger partial charge in [0.15, 0.2) is 0 Å². The van der Waals surface area contributed by atoms with Crippen molar-refractivity contribution in [1.29, 1.82) is 0 Å². The van der Waals surface area contributed by atoms with E-state index in [1.54, 1.807) is 12.3 Å². The average Bonchev–Trinajstić information content (AvgIpc) is 2.61. The Kier molecular flexibility index (Phi) is 5.60. The van der Waals surface area contributed by atoms with Crippen LogP contribution < -0.4 is 5.32 Å². The number of hydrogen-bond donors (Lipinski definition) is 1. The van der Waals surface area contributed by atoms with Crippen LogP contribution in [0.25, 0.3) is 0 Å². The number of amides is 1. The Labute approximate surface area is 158 Å². The second-order valence-corrected chi connectivity index (χ2v) is 6.53. The van der Waals surface area contributed by atoms with Crippen LogP contribution in [-0.4, -0.2) is 10.9 Å². The number of halogens is 2. The number of pyridine rings is 1. The lowest BCUT2D eigenvalue weighted by Gasteiger charge is -2.12. The van der Waals surface area contributed by atoms with Gasteiger partial charge in [-0.2, -0.15) is 0 Å². The minimum Gasteiger partial charge on any atom is -0.348 e. The lowest BCUT2D eigenvalue weighted by Crippen LogP contribution is -2.24. The Morgan fingerprint density at radius 3 is 2.48 bits per heavy atom. The van der Waals surface area contributed by atoms with Crippen LogP contribution in [0, 0.1) is 25.5 Å². The number of benzene rings is 2. The minimum atomic E-state index is -0.662. The third kappa shape index (κ3) is 4.76. The maximum Gasteiger partial charge on any atom is 0.251 e. The second kappa shape index (κ2) is 8.08. The summed E-state index contributed by atoms with van der Waals surface area (Å²) in [6, 6.07) is 12.8. The molecular weight excluding hydrogens is 346 g/mol. The molecule has 5 heteroatoms. The van der Waals surface area contributed by atoms with Crippen molar-refractivity contribution in [2.75, 3.05) is 0 Å². The minimum absolute atomic E-state index is 0. The number of hydrogen-bond acceptors (Lipinski definition) is 2. The maximum atomic E-state index is 13.3. The van der Waals surface area contributed by atoms with Gasteiger partial charge in [-0.1, -0.05) is 12.1 Å². The molecule has 3 rings (SSSR count). The van der Waals surface area contributed by atoms with Gasteiger partial charge < -0.3 is 5.32 Å². The SMILES string of the molecule is Cc1cc(Cc2cccc(C(=O)NCc3cc(F)cc(F)c3)c2C)ccn1.[HH]. The summed E-state index contributed by atoms with van der Waals surface area (Å²) < 4.78 is 26.5. The van der Waals surface area contributed by atoms with Crippen LogP contribution in [0.5, 0.6) is 0 Å². The molecule has 1 aromatic heterocycles. The highest BCUT2D eigenvalue weighted by atomic mass is 19.1. The van der Waals surface area contributed by atoms with Gasteiger partial charge in [-0.15, -0.1) is 0 Å². The van der Waals surface area contributed by atoms with Gasteiger partial charge in [0.05, 0.1) is 0 Å². The summed E-state index contributed by atoms with van der Waals surface area (Å²) in [5.74, 6) is -1.60. The summed E-state index contributed by atoms with van der Waals surface area (Å²) in [5.41, 5.74) is 4.93. The molecule has 0 aliphatic carbocycles. The van der Waals surface area contributed by atoms with Crippen molar-refractivity contribution < 1.29 is 15.0 Å². The fourth-order valence-corrected chi connectivity index (χ4v) is 3.05. The molecule has 0 aliphatic rings. The summed E-state index contributed by atoms with van der Waals surface area (Å²) >= 11 is 0. The molecule has 27 heavy (non-hydrogen) atoms. The van der Waals surface area contributed by atoms with Crippen molar-refractivity contribution in [3.05, 3.63) is 99.9 Å². The van der Waals surface area contributed by atoms with E-state index in [1.165, 1.54) is 12.1 Å². The van der Waals surface area contributed by atoms with E-state index < -0.39 is 11.6 Å². The number of carbonyl (C=O) groups excluding carboxylic acids is 1. The van der Waals surface area contributed by atoms with Crippen molar-refractivity contribution in [3.8, 4) is 0 Å². The zero-order chi connectivity index (χ0) is 19.4. The number of aryl methyl sites for hydroxylation is 1. The van der Waals surface area contributed by atoms with Crippen LogP contribution in [0.3, 0.4) is 0 Å². The Balaban J connectivity index is 0.00000280. The van der Waals surface area contributed by atoms with Gasteiger partial charge in [0.2, 0.25) is 0 Å². The molecule has 0 fully saturated rings. The fourth-order valence-electron chi connectivity index (χ4n) is 3.05. The van der Waals surface area contributed by atoms with E-state index in [0.717, 1.165) is 28.5 Å². The Morgan fingerprint density at radius 1 is 1.04 bits per heavy atom. The zero-order valence-electron chi connectivity index (χ0n) is 15.2. The van der Waals surface area contributed by atoms with Crippen molar-refractivity contribution in [2.24, 2.45) is 0 Å². The highest BCUT2D eigenvalue weighted by Gasteiger charge is 2.12. The monoisotopic (exact) mass is 368 g/mol. The van der Waals surface area contributed by atoms with E-state index in [-0.39, 0.29) is 13.9 Å². The van der Waals surface area contributed by atoms with Crippen molar-refractivity contribution in [3.63, 3.8) is 0 Å². The highest BCUT2D eigenvalue weighted by Crippen LogP contribution is 2.18. The summed E-state index contributed by atoms with van der Waals surface area (Å²) in [4.78, 5) is 16.8. The number of aromatic nitrogens is 1. The Morgan fingerprint density at radius 2 is 1.78 bits per heavy atom. The molecule has 0 aliphatic heterocycles. The van der Waals surface area contributed by atoms with Crippen LogP contribution in [0.1, 0.15) is 39.7 Å². The molecule has 1 amide bonds. The van der Waals surface area contributed by atoms with Gasteiger partial charge >= 0.3 is 0 Å². The molecule has 0 spiro atoms. The summed E-state index contributed by atoms with van der Waals surface area (Å²) in [5, 5.41) is 2.73. The molecule has 0 radical (unpaired) electrons.